The summed E-state index contributed by atoms with van der Waals surface area (Å²) in [6.07, 6.45) is 0.916. The highest BCUT2D eigenvalue weighted by Gasteiger charge is 2.15. The Morgan fingerprint density at radius 1 is 1.17 bits per heavy atom. The second kappa shape index (κ2) is 5.74. The van der Waals surface area contributed by atoms with Crippen LogP contribution >= 0.6 is 0 Å². The Kier molecular flexibility index (Phi) is 4.05. The zero-order valence-corrected chi connectivity index (χ0v) is 11.1. The number of rotatable bonds is 5. The van der Waals surface area contributed by atoms with Crippen LogP contribution in [0, 0.1) is 0 Å². The molecule has 0 saturated heterocycles. The predicted octanol–water partition coefficient (Wildman–Crippen LogP) is 3.16. The zero-order chi connectivity index (χ0) is 13.0. The van der Waals surface area contributed by atoms with Gasteiger partial charge < -0.3 is 14.5 Å². The lowest BCUT2D eigenvalue weighted by Crippen LogP contribution is -2.16. The smallest absolute Gasteiger partial charge is 0.125 e. The van der Waals surface area contributed by atoms with Gasteiger partial charge in [0.05, 0.1) is 13.2 Å². The zero-order valence-electron chi connectivity index (χ0n) is 11.1. The standard InChI is InChI=1S/C15H19NO2/c1-4-12-9-10-14(18-12)15(16-2)11-5-7-13(17-3)8-6-11/h5-10,15-16H,4H2,1-3H3. The summed E-state index contributed by atoms with van der Waals surface area (Å²) in [5.74, 6) is 2.82. The Hall–Kier alpha value is -1.74. The SMILES string of the molecule is CCc1ccc(C(NC)c2ccc(OC)cc2)o1. The van der Waals surface area contributed by atoms with E-state index in [9.17, 15) is 0 Å². The van der Waals surface area contributed by atoms with Crippen molar-refractivity contribution < 1.29 is 9.15 Å². The molecule has 0 aliphatic rings. The highest BCUT2D eigenvalue weighted by Crippen LogP contribution is 2.25. The molecule has 0 aliphatic heterocycles. The fraction of sp³-hybridized carbons (Fsp3) is 0.333. The van der Waals surface area contributed by atoms with Gasteiger partial charge in [0.1, 0.15) is 17.3 Å². The molecule has 2 rings (SSSR count). The van der Waals surface area contributed by atoms with Gasteiger partial charge in [-0.2, -0.15) is 0 Å². The van der Waals surface area contributed by atoms with Gasteiger partial charge >= 0.3 is 0 Å². The molecule has 0 aliphatic carbocycles. The minimum Gasteiger partial charge on any atom is -0.497 e. The number of aryl methyl sites for hydroxylation is 1. The van der Waals surface area contributed by atoms with Crippen LogP contribution in [0.25, 0.3) is 0 Å². The third kappa shape index (κ3) is 2.57. The summed E-state index contributed by atoms with van der Waals surface area (Å²) < 4.78 is 11.0. The Morgan fingerprint density at radius 2 is 1.89 bits per heavy atom. The van der Waals surface area contributed by atoms with Gasteiger partial charge in [-0.05, 0) is 36.9 Å². The number of methoxy groups -OCH3 is 1. The molecule has 0 amide bonds. The van der Waals surface area contributed by atoms with E-state index in [0.717, 1.165) is 29.3 Å². The van der Waals surface area contributed by atoms with Gasteiger partial charge in [0.2, 0.25) is 0 Å². The first-order chi connectivity index (χ1) is 8.78. The van der Waals surface area contributed by atoms with E-state index in [0.29, 0.717) is 0 Å². The molecule has 0 bridgehead atoms. The number of ether oxygens (including phenoxy) is 1. The molecule has 0 spiro atoms. The van der Waals surface area contributed by atoms with Gasteiger partial charge in [-0.25, -0.2) is 0 Å². The van der Waals surface area contributed by atoms with Crippen LogP contribution in [0.5, 0.6) is 5.75 Å². The predicted molar refractivity (Wildman–Crippen MR) is 72.0 cm³/mol. The molecule has 3 heteroatoms. The topological polar surface area (TPSA) is 34.4 Å². The molecule has 3 nitrogen and oxygen atoms in total. The average molecular weight is 245 g/mol. The van der Waals surface area contributed by atoms with Crippen LogP contribution in [0.4, 0.5) is 0 Å². The fourth-order valence-electron chi connectivity index (χ4n) is 2.01. The van der Waals surface area contributed by atoms with Crippen molar-refractivity contribution in [2.24, 2.45) is 0 Å². The van der Waals surface area contributed by atoms with E-state index in [2.05, 4.69) is 12.2 Å². The molecule has 96 valence electrons. The molecular weight excluding hydrogens is 226 g/mol. The maximum absolute atomic E-state index is 5.80. The summed E-state index contributed by atoms with van der Waals surface area (Å²) >= 11 is 0. The second-order valence-corrected chi connectivity index (χ2v) is 4.15. The normalized spacial score (nSPS) is 12.4. The highest BCUT2D eigenvalue weighted by molar-refractivity contribution is 5.33. The summed E-state index contributed by atoms with van der Waals surface area (Å²) in [6.45, 7) is 2.09. The van der Waals surface area contributed by atoms with Gasteiger partial charge in [0.15, 0.2) is 0 Å². The molecule has 0 fully saturated rings. The summed E-state index contributed by atoms with van der Waals surface area (Å²) in [6, 6.07) is 12.2. The van der Waals surface area contributed by atoms with Crippen molar-refractivity contribution in [3.63, 3.8) is 0 Å². The van der Waals surface area contributed by atoms with E-state index in [1.165, 1.54) is 0 Å². The van der Waals surface area contributed by atoms with Gasteiger partial charge in [-0.3, -0.25) is 0 Å². The van der Waals surface area contributed by atoms with Crippen molar-refractivity contribution >= 4 is 0 Å². The van der Waals surface area contributed by atoms with Crippen molar-refractivity contribution in [1.29, 1.82) is 0 Å². The van der Waals surface area contributed by atoms with Crippen molar-refractivity contribution in [3.8, 4) is 5.75 Å². The lowest BCUT2D eigenvalue weighted by molar-refractivity contribution is 0.413. The first-order valence-electron chi connectivity index (χ1n) is 6.18. The molecule has 0 radical (unpaired) electrons. The van der Waals surface area contributed by atoms with Crippen LogP contribution in [0.3, 0.4) is 0 Å². The molecule has 1 N–H and O–H groups in total. The van der Waals surface area contributed by atoms with Gasteiger partial charge in [-0.1, -0.05) is 19.1 Å². The molecule has 1 aromatic carbocycles. The summed E-state index contributed by atoms with van der Waals surface area (Å²) in [4.78, 5) is 0. The molecule has 1 aromatic heterocycles. The number of benzene rings is 1. The average Bonchev–Trinajstić information content (AvgIpc) is 2.89. The number of hydrogen-bond donors (Lipinski definition) is 1. The van der Waals surface area contributed by atoms with Gasteiger partial charge in [0.25, 0.3) is 0 Å². The molecule has 18 heavy (non-hydrogen) atoms. The Bertz CT molecular complexity index is 487. The van der Waals surface area contributed by atoms with E-state index in [1.54, 1.807) is 7.11 Å². The minimum atomic E-state index is 0.0798. The molecule has 1 atom stereocenters. The molecule has 0 saturated carbocycles. The van der Waals surface area contributed by atoms with Crippen molar-refractivity contribution in [2.45, 2.75) is 19.4 Å². The Morgan fingerprint density at radius 3 is 2.39 bits per heavy atom. The summed E-state index contributed by atoms with van der Waals surface area (Å²) in [7, 11) is 3.60. The van der Waals surface area contributed by atoms with Crippen LogP contribution in [0.1, 0.15) is 30.0 Å². The largest absolute Gasteiger partial charge is 0.497 e. The third-order valence-corrected chi connectivity index (χ3v) is 3.05. The Labute approximate surface area is 108 Å². The van der Waals surface area contributed by atoms with Crippen LogP contribution < -0.4 is 10.1 Å². The first kappa shape index (κ1) is 12.7. The maximum atomic E-state index is 5.80. The highest BCUT2D eigenvalue weighted by atomic mass is 16.5. The van der Waals surface area contributed by atoms with E-state index < -0.39 is 0 Å². The van der Waals surface area contributed by atoms with Crippen LogP contribution in [-0.4, -0.2) is 14.2 Å². The summed E-state index contributed by atoms with van der Waals surface area (Å²) in [5, 5.41) is 3.27. The molecule has 2 aromatic rings. The quantitative estimate of drug-likeness (QED) is 0.878. The molecule has 1 heterocycles. The first-order valence-corrected chi connectivity index (χ1v) is 6.18. The monoisotopic (exact) mass is 245 g/mol. The van der Waals surface area contributed by atoms with Gasteiger partial charge in [-0.15, -0.1) is 0 Å². The van der Waals surface area contributed by atoms with Crippen molar-refractivity contribution in [3.05, 3.63) is 53.5 Å². The van der Waals surface area contributed by atoms with E-state index in [-0.39, 0.29) is 6.04 Å². The minimum absolute atomic E-state index is 0.0798. The second-order valence-electron chi connectivity index (χ2n) is 4.15. The lowest BCUT2D eigenvalue weighted by Gasteiger charge is -2.14. The molecular formula is C15H19NO2. The van der Waals surface area contributed by atoms with Crippen LogP contribution in [0.15, 0.2) is 40.8 Å². The number of hydrogen-bond acceptors (Lipinski definition) is 3. The van der Waals surface area contributed by atoms with Crippen LogP contribution in [0.2, 0.25) is 0 Å². The van der Waals surface area contributed by atoms with E-state index in [1.807, 2.05) is 43.4 Å². The van der Waals surface area contributed by atoms with Crippen molar-refractivity contribution in [1.82, 2.24) is 5.32 Å². The third-order valence-electron chi connectivity index (χ3n) is 3.05. The number of nitrogens with one attached hydrogen (secondary N) is 1. The van der Waals surface area contributed by atoms with Crippen LogP contribution in [-0.2, 0) is 6.42 Å². The maximum Gasteiger partial charge on any atom is 0.125 e. The fourth-order valence-corrected chi connectivity index (χ4v) is 2.01. The number of furan rings is 1. The van der Waals surface area contributed by atoms with E-state index >= 15 is 0 Å². The van der Waals surface area contributed by atoms with Crippen molar-refractivity contribution in [2.75, 3.05) is 14.2 Å². The van der Waals surface area contributed by atoms with Gasteiger partial charge in [0, 0.05) is 6.42 Å². The Balaban J connectivity index is 2.26. The molecule has 1 unspecified atom stereocenters. The lowest BCUT2D eigenvalue weighted by atomic mass is 10.0. The summed E-state index contributed by atoms with van der Waals surface area (Å²) in [5.41, 5.74) is 1.16. The van der Waals surface area contributed by atoms with E-state index in [4.69, 9.17) is 9.15 Å².